The number of hydrogen-bond acceptors (Lipinski definition) is 2. The van der Waals surface area contributed by atoms with E-state index < -0.39 is 11.6 Å². The first kappa shape index (κ1) is 14.6. The SMILES string of the molecule is Fc1cc(F)c(NCC2Cc3cc(Br)ccc3O2)c(Cl)c1. The van der Waals surface area contributed by atoms with E-state index in [1.165, 1.54) is 0 Å². The number of benzene rings is 2. The molecule has 2 nitrogen and oxygen atoms in total. The Bertz CT molecular complexity index is 672. The molecule has 1 N–H and O–H groups in total. The van der Waals surface area contributed by atoms with Gasteiger partial charge in [0.15, 0.2) is 5.82 Å². The van der Waals surface area contributed by atoms with Crippen LogP contribution in [0, 0.1) is 11.6 Å². The van der Waals surface area contributed by atoms with Crippen molar-refractivity contribution in [1.29, 1.82) is 0 Å². The molecule has 1 heterocycles. The number of fused-ring (bicyclic) bond motifs is 1. The lowest BCUT2D eigenvalue weighted by molar-refractivity contribution is 0.246. The molecule has 2 aromatic rings. The van der Waals surface area contributed by atoms with Crippen molar-refractivity contribution in [1.82, 2.24) is 0 Å². The van der Waals surface area contributed by atoms with Crippen LogP contribution in [-0.4, -0.2) is 12.6 Å². The maximum absolute atomic E-state index is 13.7. The van der Waals surface area contributed by atoms with Gasteiger partial charge in [0.2, 0.25) is 0 Å². The largest absolute Gasteiger partial charge is 0.488 e. The van der Waals surface area contributed by atoms with Crippen LogP contribution in [0.3, 0.4) is 0 Å². The van der Waals surface area contributed by atoms with Gasteiger partial charge in [-0.2, -0.15) is 0 Å². The molecule has 0 amide bonds. The smallest absolute Gasteiger partial charge is 0.150 e. The van der Waals surface area contributed by atoms with Crippen molar-refractivity contribution < 1.29 is 13.5 Å². The molecule has 0 radical (unpaired) electrons. The van der Waals surface area contributed by atoms with E-state index in [-0.39, 0.29) is 16.8 Å². The highest BCUT2D eigenvalue weighted by atomic mass is 79.9. The van der Waals surface area contributed by atoms with Gasteiger partial charge >= 0.3 is 0 Å². The standard InChI is InChI=1S/C15H11BrClF2NO/c16-9-1-2-14-8(3-9)4-11(21-14)7-20-15-12(17)5-10(18)6-13(15)19/h1-3,5-6,11,20H,4,7H2. The van der Waals surface area contributed by atoms with E-state index in [4.69, 9.17) is 16.3 Å². The summed E-state index contributed by atoms with van der Waals surface area (Å²) in [5.41, 5.74) is 1.20. The van der Waals surface area contributed by atoms with Crippen LogP contribution in [0.25, 0.3) is 0 Å². The fraction of sp³-hybridized carbons (Fsp3) is 0.200. The number of anilines is 1. The Morgan fingerprint density at radius 3 is 2.86 bits per heavy atom. The summed E-state index contributed by atoms with van der Waals surface area (Å²) in [6.07, 6.45) is 0.609. The molecule has 0 aliphatic carbocycles. The van der Waals surface area contributed by atoms with Crippen molar-refractivity contribution >= 4 is 33.2 Å². The molecule has 2 aromatic carbocycles. The Morgan fingerprint density at radius 2 is 2.10 bits per heavy atom. The van der Waals surface area contributed by atoms with Crippen LogP contribution in [0.1, 0.15) is 5.56 Å². The summed E-state index contributed by atoms with van der Waals surface area (Å²) in [6, 6.07) is 7.68. The monoisotopic (exact) mass is 373 g/mol. The average molecular weight is 375 g/mol. The molecule has 1 atom stereocenters. The van der Waals surface area contributed by atoms with Gasteiger partial charge in [-0.1, -0.05) is 27.5 Å². The van der Waals surface area contributed by atoms with E-state index in [1.54, 1.807) is 0 Å². The highest BCUT2D eigenvalue weighted by Gasteiger charge is 2.23. The summed E-state index contributed by atoms with van der Waals surface area (Å²) >= 11 is 9.25. The number of hydrogen-bond donors (Lipinski definition) is 1. The first-order valence-corrected chi connectivity index (χ1v) is 7.53. The Balaban J connectivity index is 1.68. The highest BCUT2D eigenvalue weighted by molar-refractivity contribution is 9.10. The molecular formula is C15H11BrClF2NO. The normalized spacial score (nSPS) is 16.5. The average Bonchev–Trinajstić information content (AvgIpc) is 2.79. The van der Waals surface area contributed by atoms with Crippen LogP contribution in [-0.2, 0) is 6.42 Å². The maximum atomic E-state index is 13.7. The van der Waals surface area contributed by atoms with Gasteiger partial charge in [-0.25, -0.2) is 8.78 Å². The molecule has 0 bridgehead atoms. The molecule has 6 heteroatoms. The van der Waals surface area contributed by atoms with E-state index in [0.29, 0.717) is 6.54 Å². The summed E-state index contributed by atoms with van der Waals surface area (Å²) in [4.78, 5) is 0. The van der Waals surface area contributed by atoms with Gasteiger partial charge < -0.3 is 10.1 Å². The van der Waals surface area contributed by atoms with Crippen LogP contribution in [0.4, 0.5) is 14.5 Å². The van der Waals surface area contributed by atoms with Gasteiger partial charge in [-0.15, -0.1) is 0 Å². The topological polar surface area (TPSA) is 21.3 Å². The van der Waals surface area contributed by atoms with Gasteiger partial charge in [0, 0.05) is 17.0 Å². The van der Waals surface area contributed by atoms with Crippen LogP contribution in [0.5, 0.6) is 5.75 Å². The highest BCUT2D eigenvalue weighted by Crippen LogP contribution is 2.32. The first-order chi connectivity index (χ1) is 10.0. The minimum atomic E-state index is -0.710. The zero-order valence-electron chi connectivity index (χ0n) is 10.8. The lowest BCUT2D eigenvalue weighted by Crippen LogP contribution is -2.24. The molecule has 1 aliphatic rings. The zero-order valence-corrected chi connectivity index (χ0v) is 13.1. The van der Waals surface area contributed by atoms with Crippen molar-refractivity contribution in [3.63, 3.8) is 0 Å². The summed E-state index contributed by atoms with van der Waals surface area (Å²) < 4.78 is 33.4. The number of nitrogens with one attached hydrogen (secondary N) is 1. The van der Waals surface area contributed by atoms with Gasteiger partial charge in [0.05, 0.1) is 17.3 Å². The van der Waals surface area contributed by atoms with Gasteiger partial charge in [-0.3, -0.25) is 0 Å². The van der Waals surface area contributed by atoms with Crippen LogP contribution in [0.15, 0.2) is 34.8 Å². The second-order valence-electron chi connectivity index (χ2n) is 4.82. The third-order valence-electron chi connectivity index (χ3n) is 3.28. The summed E-state index contributed by atoms with van der Waals surface area (Å²) in [5, 5.41) is 2.91. The van der Waals surface area contributed by atoms with E-state index in [1.807, 2.05) is 18.2 Å². The van der Waals surface area contributed by atoms with E-state index >= 15 is 0 Å². The molecule has 0 saturated heterocycles. The molecular weight excluding hydrogens is 364 g/mol. The Kier molecular flexibility index (Phi) is 4.04. The molecule has 21 heavy (non-hydrogen) atoms. The van der Waals surface area contributed by atoms with Crippen LogP contribution in [0.2, 0.25) is 5.02 Å². The molecule has 1 aliphatic heterocycles. The Labute approximate surface area is 134 Å². The van der Waals surface area contributed by atoms with Gasteiger partial charge in [0.25, 0.3) is 0 Å². The van der Waals surface area contributed by atoms with Crippen LogP contribution < -0.4 is 10.1 Å². The minimum Gasteiger partial charge on any atom is -0.488 e. The van der Waals surface area contributed by atoms with Gasteiger partial charge in [-0.05, 0) is 29.8 Å². The molecule has 0 aromatic heterocycles. The predicted octanol–water partition coefficient (Wildman–Crippen LogP) is 4.80. The number of halogens is 4. The molecule has 1 unspecified atom stereocenters. The predicted molar refractivity (Wildman–Crippen MR) is 82.1 cm³/mol. The second-order valence-corrected chi connectivity index (χ2v) is 6.14. The summed E-state index contributed by atoms with van der Waals surface area (Å²) in [6.45, 7) is 0.384. The second kappa shape index (κ2) is 5.81. The summed E-state index contributed by atoms with van der Waals surface area (Å²) in [5.74, 6) is -0.577. The lowest BCUT2D eigenvalue weighted by atomic mass is 10.1. The van der Waals surface area contributed by atoms with E-state index in [2.05, 4.69) is 21.2 Å². The van der Waals surface area contributed by atoms with Gasteiger partial charge in [0.1, 0.15) is 17.7 Å². The third-order valence-corrected chi connectivity index (χ3v) is 4.07. The van der Waals surface area contributed by atoms with Crippen molar-refractivity contribution in [2.45, 2.75) is 12.5 Å². The van der Waals surface area contributed by atoms with Crippen molar-refractivity contribution in [3.8, 4) is 5.75 Å². The lowest BCUT2D eigenvalue weighted by Gasteiger charge is -2.14. The summed E-state index contributed by atoms with van der Waals surface area (Å²) in [7, 11) is 0. The van der Waals surface area contributed by atoms with Crippen LogP contribution >= 0.6 is 27.5 Å². The Morgan fingerprint density at radius 1 is 1.29 bits per heavy atom. The fourth-order valence-electron chi connectivity index (χ4n) is 2.33. The van der Waals surface area contributed by atoms with Crippen molar-refractivity contribution in [3.05, 3.63) is 57.0 Å². The number of ether oxygens (including phenoxy) is 1. The molecule has 110 valence electrons. The molecule has 0 fully saturated rings. The zero-order chi connectivity index (χ0) is 15.0. The fourth-order valence-corrected chi connectivity index (χ4v) is 3.00. The van der Waals surface area contributed by atoms with E-state index in [9.17, 15) is 8.78 Å². The Hall–Kier alpha value is -1.33. The first-order valence-electron chi connectivity index (χ1n) is 6.36. The van der Waals surface area contributed by atoms with E-state index in [0.717, 1.165) is 34.3 Å². The minimum absolute atomic E-state index is 0.0192. The maximum Gasteiger partial charge on any atom is 0.150 e. The molecule has 3 rings (SSSR count). The molecule has 0 saturated carbocycles. The quantitative estimate of drug-likeness (QED) is 0.833. The van der Waals surface area contributed by atoms with Crippen molar-refractivity contribution in [2.75, 3.05) is 11.9 Å². The molecule has 0 spiro atoms. The third kappa shape index (κ3) is 3.14. The number of rotatable bonds is 3. The van der Waals surface area contributed by atoms with Crippen molar-refractivity contribution in [2.24, 2.45) is 0 Å².